The van der Waals surface area contributed by atoms with E-state index in [4.69, 9.17) is 9.98 Å². The number of rotatable bonds is 6. The van der Waals surface area contributed by atoms with E-state index in [0.717, 1.165) is 45.1 Å². The molecule has 2 heteroatoms. The number of nitrogens with zero attached hydrogens (tertiary/aromatic N) is 2. The molecule has 3 aliphatic rings. The molecule has 0 atom stereocenters. The first kappa shape index (κ1) is 28.1. The van der Waals surface area contributed by atoms with E-state index in [1.165, 1.54) is 33.4 Å². The van der Waals surface area contributed by atoms with E-state index in [1.54, 1.807) is 0 Å². The molecule has 10 rings (SSSR count). The topological polar surface area (TPSA) is 24.7 Å². The number of hydrogen-bond donors (Lipinski definition) is 0. The Kier molecular flexibility index (Phi) is 6.98. The monoisotopic (exact) mass is 612 g/mol. The lowest BCUT2D eigenvalue weighted by Crippen LogP contribution is -2.27. The maximum Gasteiger partial charge on any atom is 0.0897 e. The van der Waals surface area contributed by atoms with Gasteiger partial charge in [-0.25, -0.2) is 9.98 Å². The maximum atomic E-state index is 5.55. The summed E-state index contributed by atoms with van der Waals surface area (Å²) in [7, 11) is 0. The van der Waals surface area contributed by atoms with E-state index in [9.17, 15) is 0 Å². The van der Waals surface area contributed by atoms with Gasteiger partial charge in [-0.2, -0.15) is 0 Å². The molecule has 0 spiro atoms. The highest BCUT2D eigenvalue weighted by atomic mass is 14.8. The second kappa shape index (κ2) is 11.9. The Morgan fingerprint density at radius 1 is 0.292 bits per heavy atom. The molecular formula is C46H32N2. The highest BCUT2D eigenvalue weighted by molar-refractivity contribution is 6.16. The fourth-order valence-electron chi connectivity index (χ4n) is 7.58. The van der Waals surface area contributed by atoms with Crippen LogP contribution in [0.2, 0.25) is 0 Å². The van der Waals surface area contributed by atoms with Crippen molar-refractivity contribution in [2.75, 3.05) is 0 Å². The van der Waals surface area contributed by atoms with Crippen LogP contribution in [0.5, 0.6) is 0 Å². The van der Waals surface area contributed by atoms with Gasteiger partial charge in [-0.05, 0) is 45.5 Å². The fraction of sp³-hybridized carbons (Fsp3) is 0.0435. The first-order valence-electron chi connectivity index (χ1n) is 16.6. The van der Waals surface area contributed by atoms with Crippen molar-refractivity contribution < 1.29 is 0 Å². The minimum absolute atomic E-state index is 0.143. The molecule has 7 aromatic rings. The lowest BCUT2D eigenvalue weighted by atomic mass is 9.61. The molecule has 2 bridgehead atoms. The molecule has 0 fully saturated rings. The van der Waals surface area contributed by atoms with E-state index in [-0.39, 0.29) is 11.8 Å². The van der Waals surface area contributed by atoms with Crippen molar-refractivity contribution in [3.05, 3.63) is 238 Å². The molecule has 0 amide bonds. The van der Waals surface area contributed by atoms with Crippen LogP contribution in [0.1, 0.15) is 67.5 Å². The summed E-state index contributed by atoms with van der Waals surface area (Å²) >= 11 is 0. The highest BCUT2D eigenvalue weighted by Gasteiger charge is 2.41. The second-order valence-electron chi connectivity index (χ2n) is 12.5. The van der Waals surface area contributed by atoms with Crippen LogP contribution in [0.15, 0.2) is 192 Å². The van der Waals surface area contributed by atoms with Crippen molar-refractivity contribution in [1.82, 2.24) is 0 Å². The summed E-state index contributed by atoms with van der Waals surface area (Å²) in [5.41, 5.74) is 16.0. The summed E-state index contributed by atoms with van der Waals surface area (Å²) in [5, 5.41) is 0. The molecule has 3 aliphatic carbocycles. The van der Waals surface area contributed by atoms with Gasteiger partial charge in [0.1, 0.15) is 0 Å². The Labute approximate surface area is 281 Å². The second-order valence-corrected chi connectivity index (χ2v) is 12.5. The van der Waals surface area contributed by atoms with Crippen LogP contribution in [0.25, 0.3) is 0 Å². The summed E-state index contributed by atoms with van der Waals surface area (Å²) in [6, 6.07) is 64.6. The van der Waals surface area contributed by atoms with Gasteiger partial charge in [0.15, 0.2) is 0 Å². The Balaban J connectivity index is 1.35. The predicted molar refractivity (Wildman–Crippen MR) is 198 cm³/mol. The lowest BCUT2D eigenvalue weighted by Gasteiger charge is -2.42. The summed E-state index contributed by atoms with van der Waals surface area (Å²) in [5.74, 6) is 0.285. The highest BCUT2D eigenvalue weighted by Crippen LogP contribution is 2.57. The third-order valence-corrected chi connectivity index (χ3v) is 9.69. The average Bonchev–Trinajstić information content (AvgIpc) is 3.17. The van der Waals surface area contributed by atoms with Crippen LogP contribution >= 0.6 is 0 Å². The Morgan fingerprint density at radius 2 is 0.542 bits per heavy atom. The molecule has 0 N–H and O–H groups in total. The van der Waals surface area contributed by atoms with Crippen LogP contribution in [0.3, 0.4) is 0 Å². The van der Waals surface area contributed by atoms with Crippen LogP contribution < -0.4 is 0 Å². The molecular weight excluding hydrogens is 581 g/mol. The van der Waals surface area contributed by atoms with Gasteiger partial charge in [0.25, 0.3) is 0 Å². The number of benzene rings is 7. The van der Waals surface area contributed by atoms with E-state index < -0.39 is 0 Å². The molecule has 48 heavy (non-hydrogen) atoms. The fourth-order valence-corrected chi connectivity index (χ4v) is 7.58. The molecule has 0 unspecified atom stereocenters. The van der Waals surface area contributed by atoms with Crippen molar-refractivity contribution in [1.29, 1.82) is 0 Å². The largest absolute Gasteiger partial charge is 0.246 e. The smallest absolute Gasteiger partial charge is 0.0897 e. The zero-order valence-corrected chi connectivity index (χ0v) is 26.4. The maximum absolute atomic E-state index is 5.55. The molecule has 0 aromatic heterocycles. The minimum atomic E-state index is 0.143. The third kappa shape index (κ3) is 4.82. The summed E-state index contributed by atoms with van der Waals surface area (Å²) in [6.07, 6.45) is 0. The Hall–Kier alpha value is -6.12. The lowest BCUT2D eigenvalue weighted by molar-refractivity contribution is 0.754. The Morgan fingerprint density at radius 3 is 0.812 bits per heavy atom. The Bertz CT molecular complexity index is 2030. The molecule has 226 valence electrons. The standard InChI is InChI=1S/C46H32N2/c1-5-17-31(18-6-1)45(32-19-7-2-8-20-32)47-41-29-39-40(44-37-27-15-13-25-35(37)43(39)36-26-14-16-28-38(36)44)30-42(41)48-46(33-21-9-3-10-22-33)34-23-11-4-12-24-34/h1-30,43-44H. The SMILES string of the molecule is c1ccc(C(=Nc2cc3c(cc2N=C(c2ccccc2)c2ccccc2)C2c4ccccc4C3c3ccccc32)c2ccccc2)cc1. The quantitative estimate of drug-likeness (QED) is 0.167. The summed E-state index contributed by atoms with van der Waals surface area (Å²) in [6.45, 7) is 0. The van der Waals surface area contributed by atoms with Gasteiger partial charge >= 0.3 is 0 Å². The molecule has 0 saturated carbocycles. The minimum Gasteiger partial charge on any atom is -0.246 e. The van der Waals surface area contributed by atoms with Crippen LogP contribution in [0.4, 0.5) is 11.4 Å². The number of hydrogen-bond acceptors (Lipinski definition) is 2. The molecule has 0 aliphatic heterocycles. The van der Waals surface area contributed by atoms with Crippen molar-refractivity contribution in [2.45, 2.75) is 11.8 Å². The molecule has 0 radical (unpaired) electrons. The van der Waals surface area contributed by atoms with Gasteiger partial charge in [0.05, 0.1) is 22.8 Å². The van der Waals surface area contributed by atoms with Gasteiger partial charge in [-0.1, -0.05) is 170 Å². The first-order chi connectivity index (χ1) is 23.8. The van der Waals surface area contributed by atoms with E-state index >= 15 is 0 Å². The first-order valence-corrected chi connectivity index (χ1v) is 16.6. The van der Waals surface area contributed by atoms with E-state index in [0.29, 0.717) is 0 Å². The van der Waals surface area contributed by atoms with Crippen LogP contribution in [0, 0.1) is 0 Å². The van der Waals surface area contributed by atoms with E-state index in [2.05, 4.69) is 182 Å². The van der Waals surface area contributed by atoms with Gasteiger partial charge in [-0.3, -0.25) is 0 Å². The van der Waals surface area contributed by atoms with Crippen molar-refractivity contribution in [3.63, 3.8) is 0 Å². The summed E-state index contributed by atoms with van der Waals surface area (Å²) < 4.78 is 0. The van der Waals surface area contributed by atoms with Gasteiger partial charge in [-0.15, -0.1) is 0 Å². The van der Waals surface area contributed by atoms with Crippen LogP contribution in [-0.4, -0.2) is 11.4 Å². The predicted octanol–water partition coefficient (Wildman–Crippen LogP) is 11.0. The van der Waals surface area contributed by atoms with Gasteiger partial charge < -0.3 is 0 Å². The van der Waals surface area contributed by atoms with Crippen molar-refractivity contribution >= 4 is 22.8 Å². The molecule has 0 saturated heterocycles. The molecule has 0 heterocycles. The molecule has 7 aromatic carbocycles. The van der Waals surface area contributed by atoms with Crippen molar-refractivity contribution in [2.24, 2.45) is 9.98 Å². The van der Waals surface area contributed by atoms with Gasteiger partial charge in [0.2, 0.25) is 0 Å². The van der Waals surface area contributed by atoms with Crippen LogP contribution in [-0.2, 0) is 0 Å². The molecule has 2 nitrogen and oxygen atoms in total. The normalized spacial score (nSPS) is 15.1. The number of aliphatic imine (C=N–C) groups is 2. The zero-order valence-electron chi connectivity index (χ0n) is 26.4. The zero-order chi connectivity index (χ0) is 31.9. The van der Waals surface area contributed by atoms with E-state index in [1.807, 2.05) is 0 Å². The summed E-state index contributed by atoms with van der Waals surface area (Å²) in [4.78, 5) is 11.1. The van der Waals surface area contributed by atoms with Gasteiger partial charge in [0, 0.05) is 34.1 Å². The average molecular weight is 613 g/mol. The third-order valence-electron chi connectivity index (χ3n) is 9.69. The van der Waals surface area contributed by atoms with Crippen molar-refractivity contribution in [3.8, 4) is 0 Å².